The fourth-order valence-corrected chi connectivity index (χ4v) is 9.82. The second-order valence-electron chi connectivity index (χ2n) is 22.2. The minimum atomic E-state index is -4.77. The fourth-order valence-electron chi connectivity index (χ4n) is 9.03. The molecule has 0 saturated heterocycles. The van der Waals surface area contributed by atoms with E-state index in [0.29, 0.717) is 19.3 Å². The zero-order chi connectivity index (χ0) is 61.2. The molecule has 0 aliphatic carbocycles. The molecule has 0 aromatic carbocycles. The van der Waals surface area contributed by atoms with Crippen molar-refractivity contribution in [3.05, 3.63) is 109 Å². The number of hydrogen-bond donors (Lipinski definition) is 2. The first-order valence-corrected chi connectivity index (χ1v) is 35.3. The summed E-state index contributed by atoms with van der Waals surface area (Å²) in [5, 5.41) is 9.88. The molecule has 0 bridgehead atoms. The van der Waals surface area contributed by atoms with Crippen molar-refractivity contribution in [3.8, 4) is 0 Å². The molecule has 0 spiro atoms. The zero-order valence-corrected chi connectivity index (χ0v) is 54.5. The molecule has 0 aromatic rings. The van der Waals surface area contributed by atoms with E-state index in [1.807, 2.05) is 0 Å². The van der Waals surface area contributed by atoms with Gasteiger partial charge in [-0.05, 0) is 128 Å². The number of aliphatic hydroxyl groups is 1. The van der Waals surface area contributed by atoms with Crippen molar-refractivity contribution in [1.29, 1.82) is 0 Å². The van der Waals surface area contributed by atoms with E-state index < -0.39 is 57.8 Å². The van der Waals surface area contributed by atoms with E-state index >= 15 is 0 Å². The van der Waals surface area contributed by atoms with Gasteiger partial charge >= 0.3 is 25.7 Å². The van der Waals surface area contributed by atoms with Gasteiger partial charge in [0.15, 0.2) is 6.10 Å². The first kappa shape index (κ1) is 80.1. The van der Waals surface area contributed by atoms with Crippen LogP contribution in [-0.4, -0.2) is 66.5 Å². The van der Waals surface area contributed by atoms with Crippen LogP contribution in [0.15, 0.2) is 109 Å². The third kappa shape index (κ3) is 62.7. The second kappa shape index (κ2) is 65.1. The Morgan fingerprint density at radius 3 is 0.964 bits per heavy atom. The van der Waals surface area contributed by atoms with Crippen LogP contribution in [-0.2, 0) is 42.2 Å². The van der Waals surface area contributed by atoms with Gasteiger partial charge in [0, 0.05) is 19.3 Å². The molecule has 0 aliphatic rings. The fraction of sp³-hybridized carbons (Fsp3) is 0.708. The zero-order valence-electron chi connectivity index (χ0n) is 53.6. The molecule has 0 radical (unpaired) electrons. The van der Waals surface area contributed by atoms with Crippen molar-refractivity contribution in [1.82, 2.24) is 0 Å². The predicted octanol–water partition coefficient (Wildman–Crippen LogP) is 20.9. The summed E-state index contributed by atoms with van der Waals surface area (Å²) in [6.07, 6.45) is 80.3. The van der Waals surface area contributed by atoms with Crippen molar-refractivity contribution in [2.75, 3.05) is 26.4 Å². The summed E-state index contributed by atoms with van der Waals surface area (Å²) in [6, 6.07) is 0. The average Bonchev–Trinajstić information content (AvgIpc) is 3.53. The van der Waals surface area contributed by atoms with Gasteiger partial charge in [0.2, 0.25) is 0 Å². The molecule has 0 amide bonds. The SMILES string of the molecule is CC/C=C\C/C=C\C/C=C\C/C=C\C/C=C\CCCCCC(=O)OC(COC(=O)CCCCCCCCCCC/C=C\C/C=C\CCCCC)COP(=O)(O)OCC(CO)OC(=O)CCCCCCCCCCC/C=C\C/C=C\CCCCC. The number of carbonyl (C=O) groups excluding carboxylic acids is 3. The number of carbonyl (C=O) groups is 3. The van der Waals surface area contributed by atoms with Gasteiger partial charge in [-0.1, -0.05) is 252 Å². The quantitative estimate of drug-likeness (QED) is 0.0197. The summed E-state index contributed by atoms with van der Waals surface area (Å²) in [4.78, 5) is 48.9. The highest BCUT2D eigenvalue weighted by atomic mass is 31.2. The highest BCUT2D eigenvalue weighted by Gasteiger charge is 2.28. The van der Waals surface area contributed by atoms with Crippen molar-refractivity contribution in [2.45, 2.75) is 303 Å². The molecular weight excluding hydrogens is 1070 g/mol. The standard InChI is InChI=1S/C72H123O11P/c1-4-7-10-13-16-19-22-25-28-31-34-37-40-43-46-49-52-55-58-61-70(74)79-65-69(83-72(76)63-60-57-54-51-48-45-42-39-36-33-30-27-24-21-18-15-12-9-6-3)67-81-84(77,78)80-66-68(64-73)82-71(75)62-59-56-53-50-47-44-41-38-35-32-29-26-23-20-17-14-11-8-5-2/h9,12,16-21,25-30,36,39,45,48,68-69,73H,4-8,10-11,13-15,22-24,31-35,37-38,40-44,46-47,49-67H2,1-3H3,(H,77,78)/b12-9-,19-16-,20-17-,21-18-,28-25-,29-26-,30-27-,39-36-,48-45-. The van der Waals surface area contributed by atoms with Crippen LogP contribution in [0.1, 0.15) is 290 Å². The third-order valence-corrected chi connectivity index (χ3v) is 15.1. The van der Waals surface area contributed by atoms with Gasteiger partial charge in [0.05, 0.1) is 19.8 Å². The van der Waals surface area contributed by atoms with Crippen molar-refractivity contribution < 1.29 is 52.2 Å². The van der Waals surface area contributed by atoms with Gasteiger partial charge in [-0.2, -0.15) is 0 Å². The van der Waals surface area contributed by atoms with E-state index in [0.717, 1.165) is 116 Å². The van der Waals surface area contributed by atoms with Gasteiger partial charge in [-0.25, -0.2) is 4.57 Å². The Labute approximate surface area is 514 Å². The summed E-state index contributed by atoms with van der Waals surface area (Å²) in [7, 11) is -4.77. The molecule has 11 nitrogen and oxygen atoms in total. The molecule has 0 heterocycles. The maximum absolute atomic E-state index is 13.0. The molecule has 0 aromatic heterocycles. The van der Waals surface area contributed by atoms with Gasteiger partial charge in [-0.3, -0.25) is 23.4 Å². The van der Waals surface area contributed by atoms with Crippen LogP contribution in [0.4, 0.5) is 0 Å². The maximum Gasteiger partial charge on any atom is 0.472 e. The van der Waals surface area contributed by atoms with Crippen molar-refractivity contribution in [2.24, 2.45) is 0 Å². The Balaban J connectivity index is 4.75. The number of phosphoric ester groups is 1. The lowest BCUT2D eigenvalue weighted by Crippen LogP contribution is -2.30. The summed E-state index contributed by atoms with van der Waals surface area (Å²) < 4.78 is 39.7. The Kier molecular flexibility index (Phi) is 62.1. The topological polar surface area (TPSA) is 155 Å². The van der Waals surface area contributed by atoms with Crippen LogP contribution in [0.3, 0.4) is 0 Å². The molecular formula is C72H123O11P. The van der Waals surface area contributed by atoms with E-state index in [4.69, 9.17) is 23.3 Å². The number of hydrogen-bond acceptors (Lipinski definition) is 10. The minimum absolute atomic E-state index is 0.123. The van der Waals surface area contributed by atoms with Crippen LogP contribution in [0.2, 0.25) is 0 Å². The number of ether oxygens (including phenoxy) is 3. The van der Waals surface area contributed by atoms with E-state index in [-0.39, 0.29) is 25.9 Å². The summed E-state index contributed by atoms with van der Waals surface area (Å²) in [5.41, 5.74) is 0. The molecule has 0 fully saturated rings. The largest absolute Gasteiger partial charge is 0.472 e. The van der Waals surface area contributed by atoms with Gasteiger partial charge in [0.25, 0.3) is 0 Å². The Morgan fingerprint density at radius 1 is 0.345 bits per heavy atom. The molecule has 0 saturated carbocycles. The van der Waals surface area contributed by atoms with E-state index in [1.54, 1.807) is 0 Å². The van der Waals surface area contributed by atoms with Gasteiger partial charge in [0.1, 0.15) is 12.7 Å². The molecule has 0 rings (SSSR count). The lowest BCUT2D eigenvalue weighted by molar-refractivity contribution is -0.161. The smallest absolute Gasteiger partial charge is 0.462 e. The average molecular weight is 1200 g/mol. The number of esters is 3. The van der Waals surface area contributed by atoms with Crippen LogP contribution in [0, 0.1) is 0 Å². The third-order valence-electron chi connectivity index (χ3n) is 14.1. The minimum Gasteiger partial charge on any atom is -0.462 e. The van der Waals surface area contributed by atoms with Gasteiger partial charge < -0.3 is 24.2 Å². The molecule has 3 atom stereocenters. The van der Waals surface area contributed by atoms with Crippen molar-refractivity contribution in [3.63, 3.8) is 0 Å². The second-order valence-corrected chi connectivity index (χ2v) is 23.7. The Hall–Kier alpha value is -3.86. The summed E-state index contributed by atoms with van der Waals surface area (Å²) in [5.74, 6) is -1.51. The van der Waals surface area contributed by atoms with Gasteiger partial charge in [-0.15, -0.1) is 0 Å². The van der Waals surface area contributed by atoms with Crippen LogP contribution >= 0.6 is 7.82 Å². The molecule has 84 heavy (non-hydrogen) atoms. The molecule has 482 valence electrons. The highest BCUT2D eigenvalue weighted by molar-refractivity contribution is 7.47. The number of allylic oxidation sites excluding steroid dienone is 18. The molecule has 12 heteroatoms. The number of phosphoric acid groups is 1. The van der Waals surface area contributed by atoms with Crippen molar-refractivity contribution >= 4 is 25.7 Å². The first-order valence-electron chi connectivity index (χ1n) is 33.8. The van der Waals surface area contributed by atoms with E-state index in [1.165, 1.54) is 116 Å². The highest BCUT2D eigenvalue weighted by Crippen LogP contribution is 2.43. The molecule has 0 aliphatic heterocycles. The monoisotopic (exact) mass is 1190 g/mol. The van der Waals surface area contributed by atoms with E-state index in [2.05, 4.69) is 130 Å². The molecule has 3 unspecified atom stereocenters. The van der Waals surface area contributed by atoms with Crippen LogP contribution in [0.5, 0.6) is 0 Å². The number of unbranched alkanes of at least 4 members (excludes halogenated alkanes) is 27. The first-order chi connectivity index (χ1) is 41.2. The van der Waals surface area contributed by atoms with Crippen LogP contribution < -0.4 is 0 Å². The van der Waals surface area contributed by atoms with E-state index in [9.17, 15) is 28.9 Å². The lowest BCUT2D eigenvalue weighted by atomic mass is 10.1. The lowest BCUT2D eigenvalue weighted by Gasteiger charge is -2.21. The van der Waals surface area contributed by atoms with Crippen LogP contribution in [0.25, 0.3) is 0 Å². The predicted molar refractivity (Wildman–Crippen MR) is 353 cm³/mol. The Morgan fingerprint density at radius 2 is 0.619 bits per heavy atom. The number of rotatable bonds is 62. The number of aliphatic hydroxyl groups excluding tert-OH is 1. The maximum atomic E-state index is 13.0. The molecule has 2 N–H and O–H groups in total. The summed E-state index contributed by atoms with van der Waals surface area (Å²) in [6.45, 7) is 4.47. The summed E-state index contributed by atoms with van der Waals surface area (Å²) >= 11 is 0. The Bertz CT molecular complexity index is 1830. The normalized spacial score (nSPS) is 13.9.